The van der Waals surface area contributed by atoms with E-state index >= 15 is 0 Å². The average molecular weight is 281 g/mol. The van der Waals surface area contributed by atoms with Gasteiger partial charge >= 0.3 is 0 Å². The van der Waals surface area contributed by atoms with Crippen LogP contribution in [-0.2, 0) is 13.1 Å². The second kappa shape index (κ2) is 6.84. The Labute approximate surface area is 121 Å². The van der Waals surface area contributed by atoms with E-state index in [0.29, 0.717) is 0 Å². The van der Waals surface area contributed by atoms with Crippen molar-refractivity contribution in [1.82, 2.24) is 15.1 Å². The normalized spacial score (nSPS) is 20.6. The zero-order valence-corrected chi connectivity index (χ0v) is 13.5. The van der Waals surface area contributed by atoms with Gasteiger partial charge in [0.25, 0.3) is 0 Å². The van der Waals surface area contributed by atoms with E-state index in [0.717, 1.165) is 19.1 Å². The molecule has 1 aliphatic rings. The molecule has 0 bridgehead atoms. The van der Waals surface area contributed by atoms with Crippen LogP contribution >= 0.6 is 11.3 Å². The molecule has 108 valence electrons. The van der Waals surface area contributed by atoms with Crippen molar-refractivity contribution in [3.63, 3.8) is 0 Å². The quantitative estimate of drug-likeness (QED) is 0.863. The van der Waals surface area contributed by atoms with Gasteiger partial charge in [-0.1, -0.05) is 0 Å². The van der Waals surface area contributed by atoms with Gasteiger partial charge in [0, 0.05) is 35.4 Å². The minimum absolute atomic E-state index is 0.738. The number of nitrogens with one attached hydrogen (secondary N) is 1. The molecule has 1 aromatic heterocycles. The molecule has 0 aromatic carbocycles. The van der Waals surface area contributed by atoms with Crippen LogP contribution in [0.25, 0.3) is 0 Å². The standard InChI is InChI=1S/C15H27N3S/c1-12-13(8-15(19-12)9-16-2)10-18-7-5-6-14(18)11-17(3)4/h8,14,16H,5-7,9-11H2,1-4H3. The summed E-state index contributed by atoms with van der Waals surface area (Å²) in [6.45, 7) is 6.83. The maximum absolute atomic E-state index is 3.24. The second-order valence-electron chi connectivity index (χ2n) is 5.85. The Bertz CT molecular complexity index is 400. The summed E-state index contributed by atoms with van der Waals surface area (Å²) in [4.78, 5) is 7.92. The van der Waals surface area contributed by atoms with Gasteiger partial charge in [0.1, 0.15) is 0 Å². The smallest absolute Gasteiger partial charge is 0.0296 e. The number of nitrogens with zero attached hydrogens (tertiary/aromatic N) is 2. The van der Waals surface area contributed by atoms with Crippen LogP contribution in [0.2, 0.25) is 0 Å². The molecule has 0 aliphatic carbocycles. The zero-order chi connectivity index (χ0) is 13.8. The van der Waals surface area contributed by atoms with E-state index in [1.54, 1.807) is 0 Å². The SMILES string of the molecule is CNCc1cc(CN2CCCC2CN(C)C)c(C)s1. The third kappa shape index (κ3) is 4.02. The summed E-state index contributed by atoms with van der Waals surface area (Å²) in [5.74, 6) is 0. The topological polar surface area (TPSA) is 18.5 Å². The van der Waals surface area contributed by atoms with Crippen molar-refractivity contribution in [3.8, 4) is 0 Å². The van der Waals surface area contributed by atoms with Gasteiger partial charge in [0.15, 0.2) is 0 Å². The summed E-state index contributed by atoms with van der Waals surface area (Å²) in [5.41, 5.74) is 1.53. The molecule has 0 radical (unpaired) electrons. The average Bonchev–Trinajstić information content (AvgIpc) is 2.88. The van der Waals surface area contributed by atoms with Crippen LogP contribution in [0.3, 0.4) is 0 Å². The minimum atomic E-state index is 0.738. The van der Waals surface area contributed by atoms with Crippen molar-refractivity contribution < 1.29 is 0 Å². The molecule has 2 rings (SSSR count). The van der Waals surface area contributed by atoms with Gasteiger partial charge in [0.05, 0.1) is 0 Å². The Hall–Kier alpha value is -0.420. The van der Waals surface area contributed by atoms with Crippen LogP contribution in [0.1, 0.15) is 28.2 Å². The van der Waals surface area contributed by atoms with Crippen LogP contribution in [-0.4, -0.2) is 50.1 Å². The molecule has 2 heterocycles. The molecule has 1 aromatic rings. The fourth-order valence-electron chi connectivity index (χ4n) is 2.96. The first kappa shape index (κ1) is 15.0. The molecule has 3 nitrogen and oxygen atoms in total. The Morgan fingerprint density at radius 2 is 2.26 bits per heavy atom. The third-order valence-electron chi connectivity index (χ3n) is 3.87. The summed E-state index contributed by atoms with van der Waals surface area (Å²) in [6, 6.07) is 3.13. The summed E-state index contributed by atoms with van der Waals surface area (Å²) >= 11 is 1.94. The molecule has 0 spiro atoms. The van der Waals surface area contributed by atoms with Gasteiger partial charge in [-0.3, -0.25) is 4.90 Å². The maximum Gasteiger partial charge on any atom is 0.0296 e. The first-order chi connectivity index (χ1) is 9.10. The van der Waals surface area contributed by atoms with Gasteiger partial charge in [-0.2, -0.15) is 0 Å². The van der Waals surface area contributed by atoms with Crippen LogP contribution < -0.4 is 5.32 Å². The minimum Gasteiger partial charge on any atom is -0.315 e. The summed E-state index contributed by atoms with van der Waals surface area (Å²) in [7, 11) is 6.37. The van der Waals surface area contributed by atoms with E-state index in [-0.39, 0.29) is 0 Å². The fourth-order valence-corrected chi connectivity index (χ4v) is 4.02. The maximum atomic E-state index is 3.24. The Morgan fingerprint density at radius 1 is 1.47 bits per heavy atom. The molecule has 4 heteroatoms. The number of hydrogen-bond donors (Lipinski definition) is 1. The van der Waals surface area contributed by atoms with Gasteiger partial charge in [-0.05, 0) is 59.1 Å². The largest absolute Gasteiger partial charge is 0.315 e. The predicted octanol–water partition coefficient (Wildman–Crippen LogP) is 2.30. The summed E-state index contributed by atoms with van der Waals surface area (Å²) in [5, 5.41) is 3.24. The lowest BCUT2D eigenvalue weighted by atomic mass is 10.2. The van der Waals surface area contributed by atoms with Gasteiger partial charge < -0.3 is 10.2 Å². The lowest BCUT2D eigenvalue weighted by molar-refractivity contribution is 0.201. The van der Waals surface area contributed by atoms with Crippen molar-refractivity contribution >= 4 is 11.3 Å². The molecular formula is C15H27N3S. The molecule has 0 amide bonds. The van der Waals surface area contributed by atoms with Gasteiger partial charge in [-0.25, -0.2) is 0 Å². The highest BCUT2D eigenvalue weighted by Gasteiger charge is 2.25. The fraction of sp³-hybridized carbons (Fsp3) is 0.733. The van der Waals surface area contributed by atoms with Crippen molar-refractivity contribution in [3.05, 3.63) is 21.4 Å². The molecule has 1 N–H and O–H groups in total. The molecule has 1 atom stereocenters. The Morgan fingerprint density at radius 3 is 2.95 bits per heavy atom. The third-order valence-corrected chi connectivity index (χ3v) is 4.96. The molecule has 0 saturated carbocycles. The first-order valence-electron chi connectivity index (χ1n) is 7.21. The van der Waals surface area contributed by atoms with Crippen LogP contribution in [0.15, 0.2) is 6.07 Å². The molecule has 1 saturated heterocycles. The van der Waals surface area contributed by atoms with Crippen molar-refractivity contribution in [1.29, 1.82) is 0 Å². The molecule has 1 unspecified atom stereocenters. The first-order valence-corrected chi connectivity index (χ1v) is 8.03. The van der Waals surface area contributed by atoms with Gasteiger partial charge in [-0.15, -0.1) is 11.3 Å². The number of thiophene rings is 1. The van der Waals surface area contributed by atoms with Crippen molar-refractivity contribution in [2.24, 2.45) is 0 Å². The highest BCUT2D eigenvalue weighted by Crippen LogP contribution is 2.26. The number of rotatable bonds is 6. The van der Waals surface area contributed by atoms with Gasteiger partial charge in [0.2, 0.25) is 0 Å². The van der Waals surface area contributed by atoms with Crippen molar-refractivity contribution in [2.75, 3.05) is 34.2 Å². The van der Waals surface area contributed by atoms with Crippen LogP contribution in [0.4, 0.5) is 0 Å². The van der Waals surface area contributed by atoms with E-state index in [4.69, 9.17) is 0 Å². The molecule has 1 fully saturated rings. The monoisotopic (exact) mass is 281 g/mol. The molecule has 1 aliphatic heterocycles. The lowest BCUT2D eigenvalue weighted by Crippen LogP contribution is -2.37. The van der Waals surface area contributed by atoms with Crippen LogP contribution in [0, 0.1) is 6.92 Å². The number of hydrogen-bond acceptors (Lipinski definition) is 4. The van der Waals surface area contributed by atoms with E-state index in [1.165, 1.54) is 41.2 Å². The zero-order valence-electron chi connectivity index (χ0n) is 12.7. The number of likely N-dealkylation sites (N-methyl/N-ethyl adjacent to an activating group) is 1. The van der Waals surface area contributed by atoms with E-state index in [9.17, 15) is 0 Å². The molecule has 19 heavy (non-hydrogen) atoms. The van der Waals surface area contributed by atoms with E-state index in [1.807, 2.05) is 18.4 Å². The van der Waals surface area contributed by atoms with Crippen molar-refractivity contribution in [2.45, 2.75) is 38.9 Å². The number of aryl methyl sites for hydroxylation is 1. The summed E-state index contributed by atoms with van der Waals surface area (Å²) in [6.07, 6.45) is 2.70. The molecular weight excluding hydrogens is 254 g/mol. The van der Waals surface area contributed by atoms with E-state index in [2.05, 4.69) is 42.2 Å². The van der Waals surface area contributed by atoms with Crippen LogP contribution in [0.5, 0.6) is 0 Å². The second-order valence-corrected chi connectivity index (χ2v) is 7.19. The highest BCUT2D eigenvalue weighted by atomic mass is 32.1. The highest BCUT2D eigenvalue weighted by molar-refractivity contribution is 7.12. The Balaban J connectivity index is 1.99. The predicted molar refractivity (Wildman–Crippen MR) is 83.8 cm³/mol. The Kier molecular flexibility index (Phi) is 5.39. The van der Waals surface area contributed by atoms with E-state index < -0.39 is 0 Å². The lowest BCUT2D eigenvalue weighted by Gasteiger charge is -2.27. The number of likely N-dealkylation sites (tertiary alicyclic amines) is 1. The summed E-state index contributed by atoms with van der Waals surface area (Å²) < 4.78 is 0.